The van der Waals surface area contributed by atoms with Gasteiger partial charge in [-0.15, -0.1) is 0 Å². The van der Waals surface area contributed by atoms with Crippen molar-refractivity contribution in [1.82, 2.24) is 4.98 Å². The molecule has 2 aromatic heterocycles. The summed E-state index contributed by atoms with van der Waals surface area (Å²) in [5.74, 6) is -1.16. The minimum atomic E-state index is -0.707. The molecular formula is C10H7FN2O2. The fourth-order valence-electron chi connectivity index (χ4n) is 1.25. The van der Waals surface area contributed by atoms with E-state index in [0.717, 1.165) is 0 Å². The first-order valence-corrected chi connectivity index (χ1v) is 4.17. The summed E-state index contributed by atoms with van der Waals surface area (Å²) in [6.07, 6.45) is 2.62. The van der Waals surface area contributed by atoms with Crippen LogP contribution in [0.2, 0.25) is 0 Å². The molecular weight excluding hydrogens is 199 g/mol. The molecule has 0 aromatic carbocycles. The van der Waals surface area contributed by atoms with Crippen molar-refractivity contribution in [3.63, 3.8) is 0 Å². The van der Waals surface area contributed by atoms with E-state index in [1.54, 1.807) is 0 Å². The van der Waals surface area contributed by atoms with Crippen LogP contribution < -0.4 is 5.73 Å². The molecule has 0 aliphatic carbocycles. The third-order valence-electron chi connectivity index (χ3n) is 1.89. The lowest BCUT2D eigenvalue weighted by atomic mass is 10.1. The highest BCUT2D eigenvalue weighted by atomic mass is 19.1. The number of furan rings is 1. The SMILES string of the molecule is NC(=O)c1occc1-c1cc(F)ccn1. The minimum Gasteiger partial charge on any atom is -0.458 e. The number of carbonyl (C=O) groups is 1. The fourth-order valence-corrected chi connectivity index (χ4v) is 1.25. The number of aromatic nitrogens is 1. The van der Waals surface area contributed by atoms with Crippen LogP contribution in [0.5, 0.6) is 0 Å². The van der Waals surface area contributed by atoms with E-state index in [-0.39, 0.29) is 5.76 Å². The van der Waals surface area contributed by atoms with Crippen molar-refractivity contribution in [2.75, 3.05) is 0 Å². The van der Waals surface area contributed by atoms with E-state index in [0.29, 0.717) is 11.3 Å². The van der Waals surface area contributed by atoms with Crippen molar-refractivity contribution in [2.45, 2.75) is 0 Å². The van der Waals surface area contributed by atoms with Crippen LogP contribution in [-0.4, -0.2) is 10.9 Å². The number of hydrogen-bond donors (Lipinski definition) is 1. The summed E-state index contributed by atoms with van der Waals surface area (Å²) in [5, 5.41) is 0. The second-order valence-electron chi connectivity index (χ2n) is 2.89. The Morgan fingerprint density at radius 1 is 1.47 bits per heavy atom. The Labute approximate surface area is 84.5 Å². The fraction of sp³-hybridized carbons (Fsp3) is 0. The van der Waals surface area contributed by atoms with E-state index in [2.05, 4.69) is 4.98 Å². The summed E-state index contributed by atoms with van der Waals surface area (Å²) in [4.78, 5) is 14.9. The zero-order valence-corrected chi connectivity index (χ0v) is 7.61. The van der Waals surface area contributed by atoms with Crippen LogP contribution in [0.3, 0.4) is 0 Å². The molecule has 15 heavy (non-hydrogen) atoms. The molecule has 76 valence electrons. The summed E-state index contributed by atoms with van der Waals surface area (Å²) < 4.78 is 17.8. The zero-order chi connectivity index (χ0) is 10.8. The molecule has 4 nitrogen and oxygen atoms in total. The Kier molecular flexibility index (Phi) is 2.21. The monoisotopic (exact) mass is 206 g/mol. The second-order valence-corrected chi connectivity index (χ2v) is 2.89. The maximum atomic E-state index is 12.9. The smallest absolute Gasteiger partial charge is 0.285 e. The van der Waals surface area contributed by atoms with Crippen LogP contribution in [0.1, 0.15) is 10.6 Å². The van der Waals surface area contributed by atoms with Crippen LogP contribution in [0, 0.1) is 5.82 Å². The van der Waals surface area contributed by atoms with Gasteiger partial charge in [0.15, 0.2) is 5.76 Å². The lowest BCUT2D eigenvalue weighted by Gasteiger charge is -1.98. The summed E-state index contributed by atoms with van der Waals surface area (Å²) in [6.45, 7) is 0. The van der Waals surface area contributed by atoms with Gasteiger partial charge in [-0.1, -0.05) is 0 Å². The van der Waals surface area contributed by atoms with E-state index in [1.807, 2.05) is 0 Å². The number of carbonyl (C=O) groups excluding carboxylic acids is 1. The van der Waals surface area contributed by atoms with Gasteiger partial charge >= 0.3 is 0 Å². The highest BCUT2D eigenvalue weighted by Crippen LogP contribution is 2.22. The highest BCUT2D eigenvalue weighted by molar-refractivity contribution is 5.96. The Morgan fingerprint density at radius 2 is 2.27 bits per heavy atom. The van der Waals surface area contributed by atoms with Gasteiger partial charge in [-0.05, 0) is 12.1 Å². The highest BCUT2D eigenvalue weighted by Gasteiger charge is 2.14. The third kappa shape index (κ3) is 1.71. The molecule has 2 aromatic rings. The van der Waals surface area contributed by atoms with Crippen LogP contribution in [0.4, 0.5) is 4.39 Å². The maximum absolute atomic E-state index is 12.9. The van der Waals surface area contributed by atoms with Crippen LogP contribution in [-0.2, 0) is 0 Å². The van der Waals surface area contributed by atoms with Gasteiger partial charge in [0.1, 0.15) is 5.82 Å². The van der Waals surface area contributed by atoms with E-state index in [1.165, 1.54) is 30.7 Å². The number of nitrogens with two attached hydrogens (primary N) is 1. The van der Waals surface area contributed by atoms with Gasteiger partial charge in [0.25, 0.3) is 5.91 Å². The molecule has 5 heteroatoms. The molecule has 1 amide bonds. The van der Waals surface area contributed by atoms with Crippen LogP contribution in [0.25, 0.3) is 11.3 Å². The molecule has 2 N–H and O–H groups in total. The minimum absolute atomic E-state index is 0.0203. The summed E-state index contributed by atoms with van der Waals surface area (Å²) in [7, 11) is 0. The quantitative estimate of drug-likeness (QED) is 0.810. The first-order valence-electron chi connectivity index (χ1n) is 4.17. The molecule has 2 heterocycles. The second kappa shape index (κ2) is 3.53. The standard InChI is InChI=1S/C10H7FN2O2/c11-6-1-3-13-8(5-6)7-2-4-15-9(7)10(12)14/h1-5H,(H2,12,14). The number of amides is 1. The van der Waals surface area contributed by atoms with Gasteiger partial charge in [-0.25, -0.2) is 4.39 Å². The van der Waals surface area contributed by atoms with Gasteiger partial charge in [0.05, 0.1) is 17.5 Å². The number of pyridine rings is 1. The summed E-state index contributed by atoms with van der Waals surface area (Å²) in [5.41, 5.74) is 5.79. The van der Waals surface area contributed by atoms with Crippen molar-refractivity contribution in [2.24, 2.45) is 5.73 Å². The van der Waals surface area contributed by atoms with Gasteiger partial charge in [0, 0.05) is 12.3 Å². The molecule has 0 fully saturated rings. The average Bonchev–Trinajstić information content (AvgIpc) is 2.65. The van der Waals surface area contributed by atoms with Crippen molar-refractivity contribution in [1.29, 1.82) is 0 Å². The predicted molar refractivity (Wildman–Crippen MR) is 50.4 cm³/mol. The first-order chi connectivity index (χ1) is 7.18. The number of primary amides is 1. The Morgan fingerprint density at radius 3 is 2.93 bits per heavy atom. The maximum Gasteiger partial charge on any atom is 0.285 e. The summed E-state index contributed by atoms with van der Waals surface area (Å²) >= 11 is 0. The largest absolute Gasteiger partial charge is 0.458 e. The normalized spacial score (nSPS) is 10.2. The Bertz CT molecular complexity index is 508. The molecule has 0 saturated carbocycles. The van der Waals surface area contributed by atoms with Gasteiger partial charge in [-0.2, -0.15) is 0 Å². The molecule has 0 bridgehead atoms. The molecule has 0 unspecified atom stereocenters. The molecule has 0 saturated heterocycles. The molecule has 0 aliphatic heterocycles. The molecule has 0 radical (unpaired) electrons. The Hall–Kier alpha value is -2.17. The predicted octanol–water partition coefficient (Wildman–Crippen LogP) is 1.58. The summed E-state index contributed by atoms with van der Waals surface area (Å²) in [6, 6.07) is 3.94. The van der Waals surface area contributed by atoms with Crippen LogP contribution >= 0.6 is 0 Å². The van der Waals surface area contributed by atoms with Crippen molar-refractivity contribution < 1.29 is 13.6 Å². The van der Waals surface area contributed by atoms with Crippen molar-refractivity contribution in [3.8, 4) is 11.3 Å². The van der Waals surface area contributed by atoms with Crippen LogP contribution in [0.15, 0.2) is 35.1 Å². The number of halogens is 1. The molecule has 2 rings (SSSR count). The molecule has 0 atom stereocenters. The topological polar surface area (TPSA) is 69.1 Å². The first kappa shape index (κ1) is 9.39. The lowest BCUT2D eigenvalue weighted by Crippen LogP contribution is -2.10. The van der Waals surface area contributed by atoms with E-state index >= 15 is 0 Å². The van der Waals surface area contributed by atoms with Crippen molar-refractivity contribution in [3.05, 3.63) is 42.2 Å². The number of nitrogens with zero attached hydrogens (tertiary/aromatic N) is 1. The zero-order valence-electron chi connectivity index (χ0n) is 7.61. The number of rotatable bonds is 2. The van der Waals surface area contributed by atoms with Gasteiger partial charge < -0.3 is 10.2 Å². The van der Waals surface area contributed by atoms with Crippen molar-refractivity contribution >= 4 is 5.91 Å². The Balaban J connectivity index is 2.54. The van der Waals surface area contributed by atoms with E-state index in [4.69, 9.17) is 10.2 Å². The average molecular weight is 206 g/mol. The van der Waals surface area contributed by atoms with Gasteiger partial charge in [-0.3, -0.25) is 9.78 Å². The third-order valence-corrected chi connectivity index (χ3v) is 1.89. The molecule has 0 spiro atoms. The van der Waals surface area contributed by atoms with E-state index in [9.17, 15) is 9.18 Å². The number of hydrogen-bond acceptors (Lipinski definition) is 3. The molecule has 0 aliphatic rings. The lowest BCUT2D eigenvalue weighted by molar-refractivity contribution is 0.0974. The van der Waals surface area contributed by atoms with Gasteiger partial charge in [0.2, 0.25) is 0 Å². The van der Waals surface area contributed by atoms with E-state index < -0.39 is 11.7 Å².